The molecule has 0 amide bonds. The molecule has 2 atom stereocenters. The van der Waals surface area contributed by atoms with Crippen LogP contribution in [-0.2, 0) is 0 Å². The van der Waals surface area contributed by atoms with E-state index in [1.807, 2.05) is 13.0 Å². The largest absolute Gasteiger partial charge is 0.390 e. The van der Waals surface area contributed by atoms with Gasteiger partial charge in [0.15, 0.2) is 0 Å². The molecule has 1 aromatic carbocycles. The maximum Gasteiger partial charge on any atom is 0.0688 e. The highest BCUT2D eigenvalue weighted by molar-refractivity contribution is 5.23. The molecule has 2 unspecified atom stereocenters. The summed E-state index contributed by atoms with van der Waals surface area (Å²) < 4.78 is 0. The SMILES string of the molecule is CC1(O)CCCCC1c1ccccc1. The molecule has 0 spiro atoms. The first kappa shape index (κ1) is 9.72. The molecule has 1 heteroatoms. The zero-order chi connectivity index (χ0) is 10.0. The molecule has 0 heterocycles. The van der Waals surface area contributed by atoms with Crippen molar-refractivity contribution in [1.29, 1.82) is 0 Å². The van der Waals surface area contributed by atoms with E-state index in [-0.39, 0.29) is 0 Å². The van der Waals surface area contributed by atoms with Crippen molar-refractivity contribution in [2.45, 2.75) is 44.1 Å². The molecule has 1 aliphatic rings. The van der Waals surface area contributed by atoms with Crippen LogP contribution in [-0.4, -0.2) is 10.7 Å². The third-order valence-corrected chi connectivity index (χ3v) is 3.38. The normalized spacial score (nSPS) is 32.9. The Morgan fingerprint density at radius 1 is 1.21 bits per heavy atom. The molecule has 1 aromatic rings. The second-order valence-electron chi connectivity index (χ2n) is 4.57. The van der Waals surface area contributed by atoms with Crippen LogP contribution < -0.4 is 0 Å². The molecule has 14 heavy (non-hydrogen) atoms. The summed E-state index contributed by atoms with van der Waals surface area (Å²) in [6.07, 6.45) is 4.47. The number of hydrogen-bond acceptors (Lipinski definition) is 1. The van der Waals surface area contributed by atoms with Gasteiger partial charge in [-0.3, -0.25) is 0 Å². The Balaban J connectivity index is 2.24. The van der Waals surface area contributed by atoms with Crippen molar-refractivity contribution in [2.24, 2.45) is 0 Å². The summed E-state index contributed by atoms with van der Waals surface area (Å²) in [6, 6.07) is 10.4. The Morgan fingerprint density at radius 3 is 2.57 bits per heavy atom. The Morgan fingerprint density at radius 2 is 1.93 bits per heavy atom. The number of aliphatic hydroxyl groups is 1. The van der Waals surface area contributed by atoms with Gasteiger partial charge in [-0.05, 0) is 25.3 Å². The van der Waals surface area contributed by atoms with Crippen LogP contribution in [0.1, 0.15) is 44.1 Å². The lowest BCUT2D eigenvalue weighted by Crippen LogP contribution is -2.35. The lowest BCUT2D eigenvalue weighted by Gasteiger charge is -2.37. The molecule has 1 N–H and O–H groups in total. The second-order valence-corrected chi connectivity index (χ2v) is 4.57. The van der Waals surface area contributed by atoms with E-state index in [1.165, 1.54) is 12.0 Å². The highest BCUT2D eigenvalue weighted by atomic mass is 16.3. The fourth-order valence-electron chi connectivity index (χ4n) is 2.53. The molecule has 0 aliphatic heterocycles. The maximum absolute atomic E-state index is 10.3. The van der Waals surface area contributed by atoms with Gasteiger partial charge in [0.1, 0.15) is 0 Å². The molecule has 0 saturated heterocycles. The van der Waals surface area contributed by atoms with Gasteiger partial charge in [0.2, 0.25) is 0 Å². The van der Waals surface area contributed by atoms with Crippen LogP contribution in [0.25, 0.3) is 0 Å². The first-order valence-electron chi connectivity index (χ1n) is 5.47. The number of benzene rings is 1. The van der Waals surface area contributed by atoms with Gasteiger partial charge < -0.3 is 5.11 Å². The fraction of sp³-hybridized carbons (Fsp3) is 0.538. The van der Waals surface area contributed by atoms with Gasteiger partial charge >= 0.3 is 0 Å². The van der Waals surface area contributed by atoms with Gasteiger partial charge in [0.05, 0.1) is 5.60 Å². The summed E-state index contributed by atoms with van der Waals surface area (Å²) in [5, 5.41) is 10.3. The molecule has 0 radical (unpaired) electrons. The van der Waals surface area contributed by atoms with E-state index in [4.69, 9.17) is 0 Å². The molecule has 0 aromatic heterocycles. The van der Waals surface area contributed by atoms with Crippen LogP contribution in [0, 0.1) is 0 Å². The smallest absolute Gasteiger partial charge is 0.0688 e. The standard InChI is InChI=1S/C13H18O/c1-13(14)10-6-5-9-12(13)11-7-3-2-4-8-11/h2-4,7-8,12,14H,5-6,9-10H2,1H3. The summed E-state index contributed by atoms with van der Waals surface area (Å²) in [4.78, 5) is 0. The third-order valence-electron chi connectivity index (χ3n) is 3.38. The Labute approximate surface area is 85.8 Å². The monoisotopic (exact) mass is 190 g/mol. The Bertz CT molecular complexity index is 289. The van der Waals surface area contributed by atoms with Gasteiger partial charge in [-0.25, -0.2) is 0 Å². The minimum atomic E-state index is -0.500. The van der Waals surface area contributed by atoms with Gasteiger partial charge in [0, 0.05) is 5.92 Å². The molecule has 2 rings (SSSR count). The zero-order valence-electron chi connectivity index (χ0n) is 8.74. The molecular weight excluding hydrogens is 172 g/mol. The molecule has 0 bridgehead atoms. The average molecular weight is 190 g/mol. The topological polar surface area (TPSA) is 20.2 Å². The minimum absolute atomic E-state index is 0.331. The Kier molecular flexibility index (Phi) is 2.60. The van der Waals surface area contributed by atoms with Gasteiger partial charge in [-0.1, -0.05) is 43.2 Å². The van der Waals surface area contributed by atoms with Crippen LogP contribution in [0.5, 0.6) is 0 Å². The van der Waals surface area contributed by atoms with Gasteiger partial charge in [-0.2, -0.15) is 0 Å². The van der Waals surface area contributed by atoms with E-state index in [0.717, 1.165) is 19.3 Å². The van der Waals surface area contributed by atoms with E-state index in [0.29, 0.717) is 5.92 Å². The van der Waals surface area contributed by atoms with Crippen molar-refractivity contribution < 1.29 is 5.11 Å². The summed E-state index contributed by atoms with van der Waals surface area (Å²) in [6.45, 7) is 1.98. The molecule has 1 fully saturated rings. The van der Waals surface area contributed by atoms with Crippen LogP contribution in [0.2, 0.25) is 0 Å². The van der Waals surface area contributed by atoms with Gasteiger partial charge in [0.25, 0.3) is 0 Å². The summed E-state index contributed by atoms with van der Waals surface area (Å²) >= 11 is 0. The number of hydrogen-bond donors (Lipinski definition) is 1. The lowest BCUT2D eigenvalue weighted by molar-refractivity contribution is 0.000662. The van der Waals surface area contributed by atoms with E-state index >= 15 is 0 Å². The van der Waals surface area contributed by atoms with Crippen molar-refractivity contribution in [1.82, 2.24) is 0 Å². The van der Waals surface area contributed by atoms with E-state index in [2.05, 4.69) is 24.3 Å². The quantitative estimate of drug-likeness (QED) is 0.721. The summed E-state index contributed by atoms with van der Waals surface area (Å²) in [5.74, 6) is 0.331. The van der Waals surface area contributed by atoms with Crippen molar-refractivity contribution in [3.8, 4) is 0 Å². The molecule has 1 aliphatic carbocycles. The van der Waals surface area contributed by atoms with Crippen molar-refractivity contribution in [3.05, 3.63) is 35.9 Å². The van der Waals surface area contributed by atoms with E-state index < -0.39 is 5.60 Å². The molecule has 76 valence electrons. The summed E-state index contributed by atoms with van der Waals surface area (Å²) in [5.41, 5.74) is 0.789. The summed E-state index contributed by atoms with van der Waals surface area (Å²) in [7, 11) is 0. The predicted molar refractivity (Wildman–Crippen MR) is 58.3 cm³/mol. The maximum atomic E-state index is 10.3. The first-order chi connectivity index (χ1) is 6.70. The second kappa shape index (κ2) is 3.74. The van der Waals surface area contributed by atoms with Crippen molar-refractivity contribution in [2.75, 3.05) is 0 Å². The minimum Gasteiger partial charge on any atom is -0.390 e. The Hall–Kier alpha value is -0.820. The van der Waals surface area contributed by atoms with E-state index in [9.17, 15) is 5.11 Å². The average Bonchev–Trinajstić information content (AvgIpc) is 2.18. The van der Waals surface area contributed by atoms with Crippen molar-refractivity contribution in [3.63, 3.8) is 0 Å². The number of rotatable bonds is 1. The first-order valence-corrected chi connectivity index (χ1v) is 5.47. The highest BCUT2D eigenvalue weighted by Gasteiger charge is 2.34. The molecular formula is C13H18O. The fourth-order valence-corrected chi connectivity index (χ4v) is 2.53. The molecule has 1 saturated carbocycles. The zero-order valence-corrected chi connectivity index (χ0v) is 8.74. The van der Waals surface area contributed by atoms with Crippen molar-refractivity contribution >= 4 is 0 Å². The highest BCUT2D eigenvalue weighted by Crippen LogP contribution is 2.40. The van der Waals surface area contributed by atoms with Crippen LogP contribution in [0.3, 0.4) is 0 Å². The van der Waals surface area contributed by atoms with Crippen LogP contribution in [0.4, 0.5) is 0 Å². The van der Waals surface area contributed by atoms with E-state index in [1.54, 1.807) is 0 Å². The lowest BCUT2D eigenvalue weighted by atomic mass is 9.73. The molecule has 1 nitrogen and oxygen atoms in total. The van der Waals surface area contributed by atoms with Gasteiger partial charge in [-0.15, -0.1) is 0 Å². The van der Waals surface area contributed by atoms with Crippen LogP contribution >= 0.6 is 0 Å². The predicted octanol–water partition coefficient (Wildman–Crippen LogP) is 3.10. The van der Waals surface area contributed by atoms with Crippen LogP contribution in [0.15, 0.2) is 30.3 Å². The third kappa shape index (κ3) is 1.83.